The van der Waals surface area contributed by atoms with Crippen LogP contribution in [0.3, 0.4) is 0 Å². The van der Waals surface area contributed by atoms with Crippen LogP contribution in [0.2, 0.25) is 0 Å². The van der Waals surface area contributed by atoms with Gasteiger partial charge < -0.3 is 28.2 Å². The number of nitrogens with one attached hydrogen (secondary N) is 1. The molecule has 11 nitrogen and oxygen atoms in total. The zero-order chi connectivity index (χ0) is 22.0. The first-order valence-electron chi connectivity index (χ1n) is 9.98. The zero-order valence-corrected chi connectivity index (χ0v) is 18.6. The van der Waals surface area contributed by atoms with Gasteiger partial charge in [0.2, 0.25) is 0 Å². The van der Waals surface area contributed by atoms with Gasteiger partial charge in [-0.25, -0.2) is 9.97 Å². The highest BCUT2D eigenvalue weighted by molar-refractivity contribution is 7.53. The fraction of sp³-hybridized carbons (Fsp3) is 0.667. The van der Waals surface area contributed by atoms with E-state index in [-0.39, 0.29) is 23.2 Å². The predicted molar refractivity (Wildman–Crippen MR) is 112 cm³/mol. The van der Waals surface area contributed by atoms with Crippen molar-refractivity contribution in [2.45, 2.75) is 33.2 Å². The number of rotatable bonds is 14. The molecule has 2 rings (SSSR count). The minimum absolute atomic E-state index is 0.246. The quantitative estimate of drug-likeness (QED) is 0.342. The number of fused-ring (bicyclic) bond motifs is 1. The SMILES string of the molecule is CCOP(=O)(CCN(CCCC(=O)OC)CCn1cnc2c(=O)[nH]cnc21)OCC. The number of ether oxygens (including phenoxy) is 1. The average molecular weight is 443 g/mol. The third-order valence-corrected chi connectivity index (χ3v) is 6.54. The lowest BCUT2D eigenvalue weighted by molar-refractivity contribution is -0.140. The summed E-state index contributed by atoms with van der Waals surface area (Å²) in [5, 5.41) is 0. The normalized spacial score (nSPS) is 12.0. The van der Waals surface area contributed by atoms with Crippen LogP contribution in [0.5, 0.6) is 0 Å². The van der Waals surface area contributed by atoms with Crippen LogP contribution in [-0.4, -0.2) is 76.5 Å². The van der Waals surface area contributed by atoms with Crippen LogP contribution in [0.15, 0.2) is 17.4 Å². The largest absolute Gasteiger partial charge is 0.469 e. The average Bonchev–Trinajstić information content (AvgIpc) is 3.14. The summed E-state index contributed by atoms with van der Waals surface area (Å²) in [5.74, 6) is -0.270. The van der Waals surface area contributed by atoms with Gasteiger partial charge in [-0.1, -0.05) is 0 Å². The van der Waals surface area contributed by atoms with E-state index in [4.69, 9.17) is 13.8 Å². The van der Waals surface area contributed by atoms with Crippen molar-refractivity contribution in [1.82, 2.24) is 24.4 Å². The number of aromatic amines is 1. The fourth-order valence-electron chi connectivity index (χ4n) is 3.01. The second-order valence-corrected chi connectivity index (χ2v) is 8.72. The van der Waals surface area contributed by atoms with E-state index >= 15 is 0 Å². The standard InChI is InChI=1S/C18H30N5O6P/c1-4-28-30(26,29-5-2)12-11-22(8-6-7-15(24)27-3)9-10-23-14-21-16-17(23)19-13-20-18(16)25/h13-14H,4-12H2,1-3H3,(H,19,20,25). The third-order valence-electron chi connectivity index (χ3n) is 4.49. The molecular weight excluding hydrogens is 413 g/mol. The number of hydrogen-bond acceptors (Lipinski definition) is 9. The van der Waals surface area contributed by atoms with E-state index in [0.29, 0.717) is 57.9 Å². The topological polar surface area (TPSA) is 129 Å². The van der Waals surface area contributed by atoms with Crippen molar-refractivity contribution in [3.05, 3.63) is 23.0 Å². The monoisotopic (exact) mass is 443 g/mol. The molecule has 2 aromatic rings. The van der Waals surface area contributed by atoms with E-state index in [1.165, 1.54) is 13.4 Å². The molecule has 0 aromatic carbocycles. The number of H-pyrrole nitrogens is 1. The molecule has 0 aliphatic carbocycles. The summed E-state index contributed by atoms with van der Waals surface area (Å²) in [7, 11) is -1.81. The molecule has 0 aliphatic heterocycles. The molecule has 0 fully saturated rings. The van der Waals surface area contributed by atoms with E-state index in [1.54, 1.807) is 24.7 Å². The smallest absolute Gasteiger partial charge is 0.331 e. The van der Waals surface area contributed by atoms with Crippen molar-refractivity contribution in [1.29, 1.82) is 0 Å². The van der Waals surface area contributed by atoms with Crippen LogP contribution in [0, 0.1) is 0 Å². The van der Waals surface area contributed by atoms with Gasteiger partial charge in [-0.2, -0.15) is 0 Å². The van der Waals surface area contributed by atoms with Gasteiger partial charge in [0.25, 0.3) is 5.56 Å². The van der Waals surface area contributed by atoms with Crippen molar-refractivity contribution in [2.75, 3.05) is 46.1 Å². The van der Waals surface area contributed by atoms with Crippen molar-refractivity contribution in [2.24, 2.45) is 0 Å². The molecule has 0 atom stereocenters. The number of imidazole rings is 1. The van der Waals surface area contributed by atoms with Crippen molar-refractivity contribution < 1.29 is 23.1 Å². The molecule has 0 radical (unpaired) electrons. The van der Waals surface area contributed by atoms with Gasteiger partial charge in [-0.05, 0) is 26.8 Å². The Morgan fingerprint density at radius 1 is 1.20 bits per heavy atom. The first-order chi connectivity index (χ1) is 14.4. The van der Waals surface area contributed by atoms with Crippen molar-refractivity contribution in [3.63, 3.8) is 0 Å². The fourth-order valence-corrected chi connectivity index (χ4v) is 4.66. The van der Waals surface area contributed by atoms with E-state index in [1.807, 2.05) is 0 Å². The van der Waals surface area contributed by atoms with Gasteiger partial charge in [-0.3, -0.25) is 14.2 Å². The molecule has 12 heteroatoms. The molecule has 2 heterocycles. The minimum atomic E-state index is -3.17. The van der Waals surface area contributed by atoms with Crippen LogP contribution >= 0.6 is 7.60 Å². The maximum atomic E-state index is 12.8. The Morgan fingerprint density at radius 2 is 1.93 bits per heavy atom. The first-order valence-corrected chi connectivity index (χ1v) is 11.7. The van der Waals surface area contributed by atoms with E-state index in [9.17, 15) is 14.2 Å². The lowest BCUT2D eigenvalue weighted by atomic mass is 10.3. The number of carbonyl (C=O) groups is 1. The Hall–Kier alpha value is -2.07. The number of methoxy groups -OCH3 is 1. The molecule has 168 valence electrons. The van der Waals surface area contributed by atoms with Gasteiger partial charge in [-0.15, -0.1) is 0 Å². The molecule has 2 aromatic heterocycles. The zero-order valence-electron chi connectivity index (χ0n) is 17.7. The summed E-state index contributed by atoms with van der Waals surface area (Å²) in [6, 6.07) is 0. The van der Waals surface area contributed by atoms with Crippen molar-refractivity contribution in [3.8, 4) is 0 Å². The highest BCUT2D eigenvalue weighted by Crippen LogP contribution is 2.47. The second-order valence-electron chi connectivity index (χ2n) is 6.53. The molecule has 30 heavy (non-hydrogen) atoms. The van der Waals surface area contributed by atoms with E-state index in [2.05, 4.69) is 19.9 Å². The summed E-state index contributed by atoms with van der Waals surface area (Å²) >= 11 is 0. The van der Waals surface area contributed by atoms with Crippen molar-refractivity contribution >= 4 is 24.7 Å². The maximum Gasteiger partial charge on any atom is 0.331 e. The lowest BCUT2D eigenvalue weighted by Crippen LogP contribution is -2.32. The first kappa shape index (κ1) is 24.2. The Labute approximate surface area is 175 Å². The third kappa shape index (κ3) is 7.02. The summed E-state index contributed by atoms with van der Waals surface area (Å²) in [6.45, 7) is 6.35. The van der Waals surface area contributed by atoms with E-state index < -0.39 is 7.60 Å². The highest BCUT2D eigenvalue weighted by atomic mass is 31.2. The minimum Gasteiger partial charge on any atom is -0.469 e. The Bertz CT molecular complexity index is 904. The molecule has 0 aliphatic rings. The van der Waals surface area contributed by atoms with Gasteiger partial charge in [0.1, 0.15) is 0 Å². The Morgan fingerprint density at radius 3 is 2.60 bits per heavy atom. The maximum absolute atomic E-state index is 12.8. The molecule has 0 unspecified atom stereocenters. The number of nitrogens with zero attached hydrogens (tertiary/aromatic N) is 4. The summed E-state index contributed by atoms with van der Waals surface area (Å²) in [4.78, 5) is 36.1. The molecule has 0 spiro atoms. The van der Waals surface area contributed by atoms with Crippen LogP contribution in [0.1, 0.15) is 26.7 Å². The predicted octanol–water partition coefficient (Wildman–Crippen LogP) is 1.64. The molecule has 0 saturated carbocycles. The Kier molecular flexibility index (Phi) is 9.64. The van der Waals surface area contributed by atoms with Gasteiger partial charge in [0.05, 0.1) is 39.1 Å². The number of hydrogen-bond donors (Lipinski definition) is 1. The highest BCUT2D eigenvalue weighted by Gasteiger charge is 2.24. The number of esters is 1. The molecule has 1 N–H and O–H groups in total. The van der Waals surface area contributed by atoms with Crippen LogP contribution in [-0.2, 0) is 29.7 Å². The number of carbonyl (C=O) groups excluding carboxylic acids is 1. The molecule has 0 amide bonds. The summed E-state index contributed by atoms with van der Waals surface area (Å²) in [5.41, 5.74) is 0.498. The van der Waals surface area contributed by atoms with Crippen LogP contribution in [0.25, 0.3) is 11.2 Å². The lowest BCUT2D eigenvalue weighted by Gasteiger charge is -2.25. The molecule has 0 saturated heterocycles. The van der Waals surface area contributed by atoms with Gasteiger partial charge >= 0.3 is 13.6 Å². The summed E-state index contributed by atoms with van der Waals surface area (Å²) < 4.78 is 30.0. The molecule has 0 bridgehead atoms. The Balaban J connectivity index is 2.04. The van der Waals surface area contributed by atoms with Crippen LogP contribution in [0.4, 0.5) is 0 Å². The van der Waals surface area contributed by atoms with Crippen LogP contribution < -0.4 is 5.56 Å². The molecular formula is C18H30N5O6P. The second kappa shape index (κ2) is 11.9. The van der Waals surface area contributed by atoms with Gasteiger partial charge in [0, 0.05) is 26.1 Å². The van der Waals surface area contributed by atoms with E-state index in [0.717, 1.165) is 0 Å². The van der Waals surface area contributed by atoms with Gasteiger partial charge in [0.15, 0.2) is 11.2 Å². The summed E-state index contributed by atoms with van der Waals surface area (Å²) in [6.07, 6.45) is 4.06. The number of aromatic nitrogens is 4.